The molecule has 7 nitrogen and oxygen atoms in total. The summed E-state index contributed by atoms with van der Waals surface area (Å²) in [6.07, 6.45) is 1.17. The molecule has 3 unspecified atom stereocenters. The minimum absolute atomic E-state index is 0.257. The van der Waals surface area contributed by atoms with E-state index in [1.165, 1.54) is 0 Å². The van der Waals surface area contributed by atoms with E-state index in [1.54, 1.807) is 25.7 Å². The molecule has 0 radical (unpaired) electrons. The Morgan fingerprint density at radius 2 is 1.43 bits per heavy atom. The van der Waals surface area contributed by atoms with Gasteiger partial charge in [0.25, 0.3) is 0 Å². The second-order valence-corrected chi connectivity index (χ2v) is 14.0. The summed E-state index contributed by atoms with van der Waals surface area (Å²) in [5.41, 5.74) is 2.41. The van der Waals surface area contributed by atoms with Crippen LogP contribution in [0.15, 0.2) is 48.5 Å². The minimum atomic E-state index is -0.945. The van der Waals surface area contributed by atoms with Crippen molar-refractivity contribution in [3.63, 3.8) is 0 Å². The van der Waals surface area contributed by atoms with Crippen LogP contribution in [0.5, 0.6) is 0 Å². The fraction of sp³-hybridized carbons (Fsp3) is 0.571. The zero-order chi connectivity index (χ0) is 31.8. The lowest BCUT2D eigenvalue weighted by atomic mass is 9.93. The normalized spacial score (nSPS) is 14.1. The number of amides is 3. The third-order valence-corrected chi connectivity index (χ3v) is 6.75. The molecular formula is C35H53N3O4. The van der Waals surface area contributed by atoms with Crippen LogP contribution in [0.4, 0.5) is 4.79 Å². The Bertz CT molecular complexity index is 1170. The first-order valence-electron chi connectivity index (χ1n) is 15.1. The maximum absolute atomic E-state index is 14.8. The molecule has 0 saturated carbocycles. The van der Waals surface area contributed by atoms with E-state index in [1.807, 2.05) is 84.0 Å². The highest BCUT2D eigenvalue weighted by Gasteiger charge is 2.40. The lowest BCUT2D eigenvalue weighted by Crippen LogP contribution is -2.57. The smallest absolute Gasteiger partial charge is 0.408 e. The lowest BCUT2D eigenvalue weighted by molar-refractivity contribution is -0.145. The minimum Gasteiger partial charge on any atom is -0.444 e. The van der Waals surface area contributed by atoms with Gasteiger partial charge in [-0.25, -0.2) is 4.79 Å². The molecule has 0 fully saturated rings. The van der Waals surface area contributed by atoms with Gasteiger partial charge in [-0.05, 0) is 92.2 Å². The summed E-state index contributed by atoms with van der Waals surface area (Å²) >= 11 is 0. The molecule has 0 aliphatic heterocycles. The van der Waals surface area contributed by atoms with Gasteiger partial charge >= 0.3 is 6.09 Å². The quantitative estimate of drug-likeness (QED) is 0.299. The zero-order valence-electron chi connectivity index (χ0n) is 27.6. The highest BCUT2D eigenvalue weighted by Crippen LogP contribution is 2.30. The van der Waals surface area contributed by atoms with Gasteiger partial charge in [-0.3, -0.25) is 9.59 Å². The number of rotatable bonds is 11. The molecule has 0 heterocycles. The number of alkyl carbamates (subject to hydrolysis) is 1. The summed E-state index contributed by atoms with van der Waals surface area (Å²) < 4.78 is 5.57. The number of benzene rings is 2. The van der Waals surface area contributed by atoms with Crippen LogP contribution in [0.25, 0.3) is 0 Å². The van der Waals surface area contributed by atoms with Gasteiger partial charge in [0.15, 0.2) is 0 Å². The number of nitrogens with one attached hydrogen (secondary N) is 2. The van der Waals surface area contributed by atoms with E-state index >= 15 is 0 Å². The lowest BCUT2D eigenvalue weighted by Gasteiger charge is -2.40. The maximum Gasteiger partial charge on any atom is 0.408 e. The van der Waals surface area contributed by atoms with Crippen LogP contribution in [0, 0.1) is 19.8 Å². The molecule has 7 heteroatoms. The average Bonchev–Trinajstić information content (AvgIpc) is 2.82. The van der Waals surface area contributed by atoms with Crippen LogP contribution in [0.3, 0.4) is 0 Å². The molecule has 0 aliphatic carbocycles. The average molecular weight is 580 g/mol. The van der Waals surface area contributed by atoms with Crippen LogP contribution in [0.2, 0.25) is 0 Å². The fourth-order valence-electron chi connectivity index (χ4n) is 5.04. The standard InChI is InChI=1S/C35H53N3O4/c1-23(2)17-18-26(5)38(30(31(39)37-34(6,7)8)28-20-24(3)19-25(4)21-28)32(40)29(22-27-15-13-12-14-16-27)36-33(41)42-35(9,10)11/h12-16,19-21,23,26,29-30H,17-18,22H2,1-11H3,(H,36,41)(H,37,39). The van der Waals surface area contributed by atoms with Crippen molar-refractivity contribution in [3.8, 4) is 0 Å². The van der Waals surface area contributed by atoms with Crippen LogP contribution in [0.1, 0.15) is 103 Å². The summed E-state index contributed by atoms with van der Waals surface area (Å²) in [5, 5.41) is 5.98. The SMILES string of the molecule is Cc1cc(C)cc(C(C(=O)NC(C)(C)C)N(C(=O)C(Cc2ccccc2)NC(=O)OC(C)(C)C)C(C)CCC(C)C)c1. The maximum atomic E-state index is 14.8. The molecule has 0 bridgehead atoms. The Morgan fingerprint density at radius 1 is 0.857 bits per heavy atom. The van der Waals surface area contributed by atoms with Gasteiger partial charge in [0.1, 0.15) is 17.7 Å². The number of aryl methyl sites for hydroxylation is 2. The second kappa shape index (κ2) is 14.7. The molecule has 0 aromatic heterocycles. The molecule has 0 aliphatic rings. The summed E-state index contributed by atoms with van der Waals surface area (Å²) in [6, 6.07) is 13.5. The third kappa shape index (κ3) is 11.5. The molecule has 2 aromatic rings. The van der Waals surface area contributed by atoms with Crippen molar-refractivity contribution in [3.05, 3.63) is 70.8 Å². The topological polar surface area (TPSA) is 87.7 Å². The van der Waals surface area contributed by atoms with Crippen molar-refractivity contribution >= 4 is 17.9 Å². The molecule has 232 valence electrons. The Balaban J connectivity index is 2.70. The molecule has 0 saturated heterocycles. The molecule has 3 atom stereocenters. The molecular weight excluding hydrogens is 526 g/mol. The van der Waals surface area contributed by atoms with E-state index in [-0.39, 0.29) is 24.3 Å². The number of ether oxygens (including phenoxy) is 1. The number of carbonyl (C=O) groups is 3. The van der Waals surface area contributed by atoms with Crippen LogP contribution < -0.4 is 10.6 Å². The van der Waals surface area contributed by atoms with Gasteiger partial charge in [0.05, 0.1) is 0 Å². The predicted octanol–water partition coefficient (Wildman–Crippen LogP) is 7.05. The van der Waals surface area contributed by atoms with E-state index in [4.69, 9.17) is 4.74 Å². The Morgan fingerprint density at radius 3 is 1.93 bits per heavy atom. The molecule has 42 heavy (non-hydrogen) atoms. The van der Waals surface area contributed by atoms with Crippen molar-refractivity contribution in [1.82, 2.24) is 15.5 Å². The molecule has 3 amide bonds. The van der Waals surface area contributed by atoms with E-state index < -0.39 is 29.3 Å². The van der Waals surface area contributed by atoms with Crippen molar-refractivity contribution in [2.75, 3.05) is 0 Å². The zero-order valence-corrected chi connectivity index (χ0v) is 27.6. The Hall–Kier alpha value is -3.35. The Labute approximate surface area is 253 Å². The van der Waals surface area contributed by atoms with Crippen LogP contribution >= 0.6 is 0 Å². The fourth-order valence-corrected chi connectivity index (χ4v) is 5.04. The first-order valence-corrected chi connectivity index (χ1v) is 15.1. The van der Waals surface area contributed by atoms with Crippen LogP contribution in [-0.4, -0.2) is 46.0 Å². The Kier molecular flexibility index (Phi) is 12.2. The monoisotopic (exact) mass is 579 g/mol. The molecule has 2 rings (SSSR count). The molecule has 2 aromatic carbocycles. The molecule has 2 N–H and O–H groups in total. The van der Waals surface area contributed by atoms with Crippen LogP contribution in [-0.2, 0) is 20.7 Å². The predicted molar refractivity (Wildman–Crippen MR) is 170 cm³/mol. The third-order valence-electron chi connectivity index (χ3n) is 6.75. The first kappa shape index (κ1) is 34.8. The van der Waals surface area contributed by atoms with Gasteiger partial charge in [0, 0.05) is 18.0 Å². The first-order chi connectivity index (χ1) is 19.4. The van der Waals surface area contributed by atoms with E-state index in [2.05, 4.69) is 30.5 Å². The van der Waals surface area contributed by atoms with Crippen molar-refractivity contribution < 1.29 is 19.1 Å². The number of hydrogen-bond acceptors (Lipinski definition) is 4. The van der Waals surface area contributed by atoms with Crippen molar-refractivity contribution in [2.24, 2.45) is 5.92 Å². The number of hydrogen-bond donors (Lipinski definition) is 2. The van der Waals surface area contributed by atoms with Gasteiger partial charge < -0.3 is 20.3 Å². The number of carbonyl (C=O) groups excluding carboxylic acids is 3. The van der Waals surface area contributed by atoms with Crippen molar-refractivity contribution in [2.45, 2.75) is 125 Å². The van der Waals surface area contributed by atoms with Gasteiger partial charge in [-0.1, -0.05) is 73.5 Å². The second-order valence-electron chi connectivity index (χ2n) is 14.0. The summed E-state index contributed by atoms with van der Waals surface area (Å²) in [7, 11) is 0. The van der Waals surface area contributed by atoms with Gasteiger partial charge in [0.2, 0.25) is 11.8 Å². The van der Waals surface area contributed by atoms with E-state index in [9.17, 15) is 14.4 Å². The highest BCUT2D eigenvalue weighted by atomic mass is 16.6. The van der Waals surface area contributed by atoms with Gasteiger partial charge in [-0.15, -0.1) is 0 Å². The van der Waals surface area contributed by atoms with E-state index in [0.717, 1.165) is 28.7 Å². The highest BCUT2D eigenvalue weighted by molar-refractivity contribution is 5.92. The molecule has 0 spiro atoms. The van der Waals surface area contributed by atoms with E-state index in [0.29, 0.717) is 12.3 Å². The summed E-state index contributed by atoms with van der Waals surface area (Å²) in [6.45, 7) is 21.4. The summed E-state index contributed by atoms with van der Waals surface area (Å²) in [4.78, 5) is 43.6. The number of nitrogens with zero attached hydrogens (tertiary/aromatic N) is 1. The largest absolute Gasteiger partial charge is 0.444 e. The van der Waals surface area contributed by atoms with Crippen molar-refractivity contribution in [1.29, 1.82) is 0 Å². The van der Waals surface area contributed by atoms with Gasteiger partial charge in [-0.2, -0.15) is 0 Å². The summed E-state index contributed by atoms with van der Waals surface area (Å²) in [5.74, 6) is -0.158.